The zero-order valence-electron chi connectivity index (χ0n) is 15.1. The minimum absolute atomic E-state index is 0.130. The lowest BCUT2D eigenvalue weighted by molar-refractivity contribution is -0.858. The summed E-state index contributed by atoms with van der Waals surface area (Å²) in [5.74, 6) is 0.137. The molecular weight excluding hydrogens is 356 g/mol. The van der Waals surface area contributed by atoms with Crippen LogP contribution in [0.2, 0.25) is 5.02 Å². The molecule has 0 saturated heterocycles. The van der Waals surface area contributed by atoms with Crippen molar-refractivity contribution in [3.05, 3.63) is 38.7 Å². The molecule has 0 aliphatic heterocycles. The van der Waals surface area contributed by atoms with Gasteiger partial charge >= 0.3 is 5.63 Å². The Morgan fingerprint density at radius 1 is 1.31 bits per heavy atom. The van der Waals surface area contributed by atoms with Gasteiger partial charge in [-0.05, 0) is 30.9 Å². The molecule has 0 spiro atoms. The highest BCUT2D eigenvalue weighted by atomic mass is 35.5. The van der Waals surface area contributed by atoms with Crippen molar-refractivity contribution in [2.75, 3.05) is 33.8 Å². The third-order valence-electron chi connectivity index (χ3n) is 4.56. The molecule has 1 amide bonds. The summed E-state index contributed by atoms with van der Waals surface area (Å²) >= 11 is 6.31. The number of aryl methyl sites for hydroxylation is 1. The number of rotatable bonds is 7. The SMILES string of the molecule is C[NH+](C)CCCNC(=O)COc1cc2oc(=O)c3c(c2cc1Cl)CCC3. The summed E-state index contributed by atoms with van der Waals surface area (Å²) in [4.78, 5) is 25.3. The van der Waals surface area contributed by atoms with Crippen molar-refractivity contribution in [2.45, 2.75) is 25.7 Å². The average molecular weight is 380 g/mol. The number of nitrogens with one attached hydrogen (secondary N) is 2. The molecular formula is C19H24ClN2O4+. The van der Waals surface area contributed by atoms with Crippen molar-refractivity contribution in [1.29, 1.82) is 0 Å². The van der Waals surface area contributed by atoms with Gasteiger partial charge in [0.15, 0.2) is 6.61 Å². The highest BCUT2D eigenvalue weighted by Crippen LogP contribution is 2.34. The largest absolute Gasteiger partial charge is 0.482 e. The quantitative estimate of drug-likeness (QED) is 0.555. The van der Waals surface area contributed by atoms with Crippen LogP contribution >= 0.6 is 11.6 Å². The van der Waals surface area contributed by atoms with E-state index in [-0.39, 0.29) is 18.1 Å². The van der Waals surface area contributed by atoms with Crippen LogP contribution in [0.3, 0.4) is 0 Å². The first-order chi connectivity index (χ1) is 12.5. The van der Waals surface area contributed by atoms with Gasteiger partial charge in [0.25, 0.3) is 5.91 Å². The highest BCUT2D eigenvalue weighted by molar-refractivity contribution is 6.32. The summed E-state index contributed by atoms with van der Waals surface area (Å²) in [5, 5.41) is 4.07. The molecule has 0 radical (unpaired) electrons. The Hall–Kier alpha value is -2.05. The smallest absolute Gasteiger partial charge is 0.339 e. The second kappa shape index (κ2) is 8.10. The topological polar surface area (TPSA) is 73.0 Å². The number of fused-ring (bicyclic) bond motifs is 3. The van der Waals surface area contributed by atoms with Crippen molar-refractivity contribution in [3.63, 3.8) is 0 Å². The highest BCUT2D eigenvalue weighted by Gasteiger charge is 2.21. The fraction of sp³-hybridized carbons (Fsp3) is 0.474. The number of halogens is 1. The zero-order chi connectivity index (χ0) is 18.7. The first kappa shape index (κ1) is 18.7. The van der Waals surface area contributed by atoms with Crippen LogP contribution < -0.4 is 20.6 Å². The lowest BCUT2D eigenvalue weighted by Crippen LogP contribution is -3.05. The van der Waals surface area contributed by atoms with Crippen LogP contribution in [0.5, 0.6) is 5.75 Å². The van der Waals surface area contributed by atoms with E-state index in [1.165, 1.54) is 4.90 Å². The molecule has 0 fully saturated rings. The minimum Gasteiger partial charge on any atom is -0.482 e. The average Bonchev–Trinajstić information content (AvgIpc) is 3.08. The second-order valence-electron chi connectivity index (χ2n) is 6.93. The van der Waals surface area contributed by atoms with Gasteiger partial charge in [-0.2, -0.15) is 0 Å². The summed E-state index contributed by atoms with van der Waals surface area (Å²) in [6, 6.07) is 3.36. The molecule has 0 bridgehead atoms. The maximum atomic E-state index is 12.1. The van der Waals surface area contributed by atoms with Gasteiger partial charge < -0.3 is 19.4 Å². The van der Waals surface area contributed by atoms with Crippen molar-refractivity contribution in [2.24, 2.45) is 0 Å². The molecule has 2 N–H and O–H groups in total. The van der Waals surface area contributed by atoms with Crippen molar-refractivity contribution in [1.82, 2.24) is 5.32 Å². The Labute approximate surface area is 157 Å². The van der Waals surface area contributed by atoms with Gasteiger partial charge in [0.1, 0.15) is 11.3 Å². The number of ether oxygens (including phenoxy) is 1. The van der Waals surface area contributed by atoms with E-state index in [0.29, 0.717) is 22.9 Å². The van der Waals surface area contributed by atoms with Crippen LogP contribution in [-0.2, 0) is 17.6 Å². The van der Waals surface area contributed by atoms with E-state index in [1.54, 1.807) is 12.1 Å². The summed E-state index contributed by atoms with van der Waals surface area (Å²) in [5.41, 5.74) is 1.93. The molecule has 0 atom stereocenters. The van der Waals surface area contributed by atoms with Gasteiger partial charge in [0.2, 0.25) is 0 Å². The van der Waals surface area contributed by atoms with E-state index >= 15 is 0 Å². The lowest BCUT2D eigenvalue weighted by atomic mass is 10.1. The number of quaternary nitrogens is 1. The molecule has 7 heteroatoms. The van der Waals surface area contributed by atoms with Crippen molar-refractivity contribution in [3.8, 4) is 5.75 Å². The summed E-state index contributed by atoms with van der Waals surface area (Å²) < 4.78 is 10.9. The molecule has 1 aliphatic rings. The lowest BCUT2D eigenvalue weighted by Gasteiger charge is -2.11. The third kappa shape index (κ3) is 4.19. The number of carbonyl (C=O) groups is 1. The van der Waals surface area contributed by atoms with Gasteiger partial charge in [-0.15, -0.1) is 0 Å². The molecule has 1 aromatic carbocycles. The van der Waals surface area contributed by atoms with E-state index in [2.05, 4.69) is 19.4 Å². The van der Waals surface area contributed by atoms with Gasteiger partial charge in [-0.3, -0.25) is 4.79 Å². The number of carbonyl (C=O) groups excluding carboxylic acids is 1. The molecule has 1 heterocycles. The van der Waals surface area contributed by atoms with Crippen LogP contribution in [0.1, 0.15) is 24.0 Å². The Bertz CT molecular complexity index is 876. The van der Waals surface area contributed by atoms with E-state index in [0.717, 1.165) is 48.7 Å². The molecule has 6 nitrogen and oxygen atoms in total. The van der Waals surface area contributed by atoms with Crippen LogP contribution in [0.25, 0.3) is 11.0 Å². The Morgan fingerprint density at radius 2 is 2.08 bits per heavy atom. The molecule has 0 unspecified atom stereocenters. The Balaban J connectivity index is 1.67. The minimum atomic E-state index is -0.293. The number of amides is 1. The van der Waals surface area contributed by atoms with Gasteiger partial charge in [0.05, 0.1) is 25.7 Å². The van der Waals surface area contributed by atoms with Crippen LogP contribution in [0, 0.1) is 0 Å². The maximum absolute atomic E-state index is 12.1. The molecule has 1 aromatic heterocycles. The zero-order valence-corrected chi connectivity index (χ0v) is 15.9. The Morgan fingerprint density at radius 3 is 2.85 bits per heavy atom. The summed E-state index contributed by atoms with van der Waals surface area (Å²) in [6.07, 6.45) is 3.45. The fourth-order valence-corrected chi connectivity index (χ4v) is 3.48. The summed E-state index contributed by atoms with van der Waals surface area (Å²) in [7, 11) is 4.14. The predicted octanol–water partition coefficient (Wildman–Crippen LogP) is 0.965. The molecule has 140 valence electrons. The number of benzene rings is 1. The standard InChI is InChI=1S/C19H23ClN2O4/c1-22(2)8-4-7-21-18(23)11-25-17-10-16-14(9-15(17)20)12-5-3-6-13(12)19(24)26-16/h9-10H,3-8,11H2,1-2H3,(H,21,23)/p+1. The molecule has 1 aliphatic carbocycles. The van der Waals surface area contributed by atoms with Crippen molar-refractivity contribution >= 4 is 28.5 Å². The monoisotopic (exact) mass is 379 g/mol. The molecule has 26 heavy (non-hydrogen) atoms. The Kier molecular flexibility index (Phi) is 5.84. The van der Waals surface area contributed by atoms with Gasteiger partial charge in [-0.25, -0.2) is 4.79 Å². The maximum Gasteiger partial charge on any atom is 0.339 e. The normalized spacial score (nSPS) is 13.2. The van der Waals surface area contributed by atoms with Crippen molar-refractivity contribution < 1.29 is 18.8 Å². The predicted molar refractivity (Wildman–Crippen MR) is 100 cm³/mol. The molecule has 2 aromatic rings. The second-order valence-corrected chi connectivity index (χ2v) is 7.34. The molecule has 3 rings (SSSR count). The first-order valence-electron chi connectivity index (χ1n) is 8.92. The van der Waals surface area contributed by atoms with Crippen LogP contribution in [-0.4, -0.2) is 39.7 Å². The number of hydrogen-bond donors (Lipinski definition) is 2. The fourth-order valence-electron chi connectivity index (χ4n) is 3.26. The van der Waals surface area contributed by atoms with E-state index in [9.17, 15) is 9.59 Å². The van der Waals surface area contributed by atoms with E-state index in [1.807, 2.05) is 0 Å². The van der Waals surface area contributed by atoms with Gasteiger partial charge in [-0.1, -0.05) is 11.6 Å². The number of hydrogen-bond acceptors (Lipinski definition) is 4. The van der Waals surface area contributed by atoms with Crippen LogP contribution in [0.4, 0.5) is 0 Å². The summed E-state index contributed by atoms with van der Waals surface area (Å²) in [6.45, 7) is 1.47. The molecule has 0 saturated carbocycles. The van der Waals surface area contributed by atoms with Gasteiger partial charge in [0, 0.05) is 30.0 Å². The van der Waals surface area contributed by atoms with E-state index < -0.39 is 0 Å². The first-order valence-corrected chi connectivity index (χ1v) is 9.30. The van der Waals surface area contributed by atoms with E-state index in [4.69, 9.17) is 20.8 Å². The third-order valence-corrected chi connectivity index (χ3v) is 4.86. The van der Waals surface area contributed by atoms with Crippen LogP contribution in [0.15, 0.2) is 21.3 Å².